The molecule has 0 heterocycles. The van der Waals surface area contributed by atoms with Crippen LogP contribution in [0.3, 0.4) is 0 Å². The Morgan fingerprint density at radius 1 is 1.54 bits per heavy atom. The first-order valence-electron chi connectivity index (χ1n) is 4.08. The molecule has 0 fully saturated rings. The molecule has 0 saturated heterocycles. The number of hydrogen-bond acceptors (Lipinski definition) is 3. The average Bonchev–Trinajstić information content (AvgIpc) is 2.01. The lowest BCUT2D eigenvalue weighted by molar-refractivity contribution is -0.119. The molecule has 1 unspecified atom stereocenters. The second-order valence-electron chi connectivity index (χ2n) is 2.73. The van der Waals surface area contributed by atoms with Gasteiger partial charge in [-0.3, -0.25) is 9.79 Å². The van der Waals surface area contributed by atoms with Gasteiger partial charge in [-0.05, 0) is 6.42 Å². The van der Waals surface area contributed by atoms with Gasteiger partial charge in [0.15, 0.2) is 5.96 Å². The summed E-state index contributed by atoms with van der Waals surface area (Å²) in [5, 5.41) is 2.69. The molecule has 0 aliphatic heterocycles. The Kier molecular flexibility index (Phi) is 5.62. The predicted molar refractivity (Wildman–Crippen MR) is 52.0 cm³/mol. The van der Waals surface area contributed by atoms with Gasteiger partial charge in [0.2, 0.25) is 5.91 Å². The maximum Gasteiger partial charge on any atom is 0.217 e. The van der Waals surface area contributed by atoms with Gasteiger partial charge in [0.25, 0.3) is 0 Å². The number of carbonyl (C=O) groups excluding carboxylic acids is 1. The first-order chi connectivity index (χ1) is 6.06. The second kappa shape index (κ2) is 6.24. The van der Waals surface area contributed by atoms with Crippen molar-refractivity contribution in [2.24, 2.45) is 22.2 Å². The Bertz CT molecular complexity index is 187. The highest BCUT2D eigenvalue weighted by atomic mass is 16.1. The number of carbonyl (C=O) groups is 1. The standard InChI is InChI=1S/C7H17N5O/c1-5(13)12-6(4-8)2-3-11-7(9)10/h6H,2-4,8H2,1H3,(H,12,13)(H4,9,10,11). The molecular weight excluding hydrogens is 170 g/mol. The van der Waals surface area contributed by atoms with Crippen molar-refractivity contribution in [1.29, 1.82) is 0 Å². The Balaban J connectivity index is 3.72. The highest BCUT2D eigenvalue weighted by Gasteiger charge is 2.06. The zero-order valence-corrected chi connectivity index (χ0v) is 7.79. The van der Waals surface area contributed by atoms with Crippen LogP contribution in [-0.2, 0) is 4.79 Å². The molecule has 0 aromatic rings. The van der Waals surface area contributed by atoms with E-state index in [9.17, 15) is 4.79 Å². The quantitative estimate of drug-likeness (QED) is 0.297. The molecule has 6 nitrogen and oxygen atoms in total. The topological polar surface area (TPSA) is 120 Å². The van der Waals surface area contributed by atoms with E-state index in [4.69, 9.17) is 17.2 Å². The second-order valence-corrected chi connectivity index (χ2v) is 2.73. The Morgan fingerprint density at radius 3 is 2.54 bits per heavy atom. The fourth-order valence-corrected chi connectivity index (χ4v) is 0.886. The number of guanidine groups is 1. The van der Waals surface area contributed by atoms with Gasteiger partial charge >= 0.3 is 0 Å². The van der Waals surface area contributed by atoms with Gasteiger partial charge in [-0.25, -0.2) is 0 Å². The van der Waals surface area contributed by atoms with E-state index >= 15 is 0 Å². The average molecular weight is 187 g/mol. The minimum Gasteiger partial charge on any atom is -0.370 e. The van der Waals surface area contributed by atoms with E-state index in [1.54, 1.807) is 0 Å². The predicted octanol–water partition coefficient (Wildman–Crippen LogP) is -1.89. The third-order valence-electron chi connectivity index (χ3n) is 1.46. The summed E-state index contributed by atoms with van der Waals surface area (Å²) in [5.41, 5.74) is 15.7. The molecule has 0 aliphatic rings. The fraction of sp³-hybridized carbons (Fsp3) is 0.714. The van der Waals surface area contributed by atoms with Crippen molar-refractivity contribution in [3.05, 3.63) is 0 Å². The van der Waals surface area contributed by atoms with Crippen LogP contribution in [0.15, 0.2) is 4.99 Å². The molecule has 0 aromatic heterocycles. The van der Waals surface area contributed by atoms with E-state index in [1.165, 1.54) is 6.92 Å². The largest absolute Gasteiger partial charge is 0.370 e. The van der Waals surface area contributed by atoms with Gasteiger partial charge in [0.1, 0.15) is 0 Å². The zero-order valence-electron chi connectivity index (χ0n) is 7.79. The summed E-state index contributed by atoms with van der Waals surface area (Å²) in [6.45, 7) is 2.31. The van der Waals surface area contributed by atoms with Crippen LogP contribution >= 0.6 is 0 Å². The molecule has 1 atom stereocenters. The molecular formula is C7H17N5O. The fourth-order valence-electron chi connectivity index (χ4n) is 0.886. The smallest absolute Gasteiger partial charge is 0.217 e. The number of nitrogens with one attached hydrogen (secondary N) is 1. The molecule has 76 valence electrons. The SMILES string of the molecule is CC(=O)NC(CN)CCN=C(N)N. The van der Waals surface area contributed by atoms with E-state index in [2.05, 4.69) is 10.3 Å². The Labute approximate surface area is 77.6 Å². The molecule has 0 rings (SSSR count). The molecule has 0 aromatic carbocycles. The van der Waals surface area contributed by atoms with Gasteiger partial charge in [-0.1, -0.05) is 0 Å². The number of hydrogen-bond donors (Lipinski definition) is 4. The van der Waals surface area contributed by atoms with Crippen LogP contribution in [0.5, 0.6) is 0 Å². The van der Waals surface area contributed by atoms with E-state index in [0.717, 1.165) is 0 Å². The number of amides is 1. The lowest BCUT2D eigenvalue weighted by atomic mass is 10.2. The van der Waals surface area contributed by atoms with Crippen LogP contribution in [0.1, 0.15) is 13.3 Å². The maximum atomic E-state index is 10.7. The van der Waals surface area contributed by atoms with E-state index in [-0.39, 0.29) is 17.9 Å². The van der Waals surface area contributed by atoms with Gasteiger partial charge in [0.05, 0.1) is 0 Å². The lowest BCUT2D eigenvalue weighted by Crippen LogP contribution is -2.39. The zero-order chi connectivity index (χ0) is 10.3. The molecule has 6 heteroatoms. The van der Waals surface area contributed by atoms with E-state index < -0.39 is 0 Å². The molecule has 0 spiro atoms. The summed E-state index contributed by atoms with van der Waals surface area (Å²) in [6.07, 6.45) is 0.647. The highest BCUT2D eigenvalue weighted by Crippen LogP contribution is 1.90. The molecule has 0 saturated carbocycles. The van der Waals surface area contributed by atoms with Crippen LogP contribution in [0, 0.1) is 0 Å². The van der Waals surface area contributed by atoms with Crippen LogP contribution < -0.4 is 22.5 Å². The van der Waals surface area contributed by atoms with Gasteiger partial charge in [-0.15, -0.1) is 0 Å². The number of nitrogens with two attached hydrogens (primary N) is 3. The first kappa shape index (κ1) is 11.7. The number of rotatable bonds is 5. The van der Waals surface area contributed by atoms with Crippen molar-refractivity contribution >= 4 is 11.9 Å². The first-order valence-corrected chi connectivity index (χ1v) is 4.08. The van der Waals surface area contributed by atoms with Crippen molar-refractivity contribution < 1.29 is 4.79 Å². The number of aliphatic imine (C=N–C) groups is 1. The van der Waals surface area contributed by atoms with Gasteiger partial charge in [-0.2, -0.15) is 0 Å². The van der Waals surface area contributed by atoms with Crippen LogP contribution in [0.2, 0.25) is 0 Å². The third-order valence-corrected chi connectivity index (χ3v) is 1.46. The van der Waals surface area contributed by atoms with Crippen molar-refractivity contribution in [3.8, 4) is 0 Å². The molecule has 0 bridgehead atoms. The van der Waals surface area contributed by atoms with E-state index in [1.807, 2.05) is 0 Å². The lowest BCUT2D eigenvalue weighted by Gasteiger charge is -2.13. The van der Waals surface area contributed by atoms with Crippen LogP contribution in [-0.4, -0.2) is 31.0 Å². The summed E-state index contributed by atoms with van der Waals surface area (Å²) in [5.74, 6) is -0.0428. The molecule has 7 N–H and O–H groups in total. The summed E-state index contributed by atoms with van der Waals surface area (Å²) in [7, 11) is 0. The van der Waals surface area contributed by atoms with Gasteiger partial charge < -0.3 is 22.5 Å². The summed E-state index contributed by atoms with van der Waals surface area (Å²) >= 11 is 0. The minimum absolute atomic E-state index is 0.0543. The van der Waals surface area contributed by atoms with Crippen molar-refractivity contribution in [3.63, 3.8) is 0 Å². The summed E-state index contributed by atoms with van der Waals surface area (Å²) in [4.78, 5) is 14.4. The Morgan fingerprint density at radius 2 is 2.15 bits per heavy atom. The van der Waals surface area contributed by atoms with E-state index in [0.29, 0.717) is 19.5 Å². The summed E-state index contributed by atoms with van der Waals surface area (Å²) in [6, 6.07) is -0.0550. The Hall–Kier alpha value is -1.30. The van der Waals surface area contributed by atoms with Gasteiger partial charge in [0, 0.05) is 26.1 Å². The monoisotopic (exact) mass is 187 g/mol. The minimum atomic E-state index is -0.0971. The highest BCUT2D eigenvalue weighted by molar-refractivity contribution is 5.75. The molecule has 13 heavy (non-hydrogen) atoms. The van der Waals surface area contributed by atoms with Crippen molar-refractivity contribution in [2.75, 3.05) is 13.1 Å². The van der Waals surface area contributed by atoms with Crippen LogP contribution in [0.25, 0.3) is 0 Å². The summed E-state index contributed by atoms with van der Waals surface area (Å²) < 4.78 is 0. The maximum absolute atomic E-state index is 10.7. The van der Waals surface area contributed by atoms with Crippen molar-refractivity contribution in [1.82, 2.24) is 5.32 Å². The van der Waals surface area contributed by atoms with Crippen LogP contribution in [0.4, 0.5) is 0 Å². The molecule has 1 amide bonds. The number of nitrogens with zero attached hydrogens (tertiary/aromatic N) is 1. The molecule has 0 aliphatic carbocycles. The molecule has 0 radical (unpaired) electrons. The third kappa shape index (κ3) is 7.07. The van der Waals surface area contributed by atoms with Crippen molar-refractivity contribution in [2.45, 2.75) is 19.4 Å². The normalized spacial score (nSPS) is 11.8.